The summed E-state index contributed by atoms with van der Waals surface area (Å²) in [5.74, 6) is -0.673. The second-order valence-electron chi connectivity index (χ2n) is 7.23. The minimum absolute atomic E-state index is 0.0522. The smallest absolute Gasteiger partial charge is 0.322 e. The standard InChI is InChI=1S/C19H35NO7/c1-19(2,3)27-17(22)8-6-12-26-14-13-25-11-5-7-15(21)9-10-16(20)18(23)24-4/h16H,5-14,20H2,1-4H3/t16-/m0/s1. The van der Waals surface area contributed by atoms with Gasteiger partial charge < -0.3 is 24.7 Å². The number of ketones is 1. The first-order chi connectivity index (χ1) is 12.7. The number of hydrogen-bond donors (Lipinski definition) is 1. The van der Waals surface area contributed by atoms with Gasteiger partial charge in [-0.3, -0.25) is 14.4 Å². The SMILES string of the molecule is COC(=O)[C@@H](N)CCC(=O)CCCOCCOCCCC(=O)OC(C)(C)C. The molecule has 0 aliphatic carbocycles. The quantitative estimate of drug-likeness (QED) is 0.333. The lowest BCUT2D eigenvalue weighted by atomic mass is 10.1. The van der Waals surface area contributed by atoms with Crippen LogP contribution in [0.1, 0.15) is 59.3 Å². The van der Waals surface area contributed by atoms with Crippen LogP contribution in [0.2, 0.25) is 0 Å². The molecule has 0 saturated carbocycles. The van der Waals surface area contributed by atoms with E-state index in [0.29, 0.717) is 58.5 Å². The molecule has 0 aromatic carbocycles. The summed E-state index contributed by atoms with van der Waals surface area (Å²) in [6.07, 6.45) is 2.51. The minimum atomic E-state index is -0.748. The molecule has 0 aliphatic rings. The highest BCUT2D eigenvalue weighted by Crippen LogP contribution is 2.09. The number of hydrogen-bond acceptors (Lipinski definition) is 8. The fourth-order valence-electron chi connectivity index (χ4n) is 2.12. The summed E-state index contributed by atoms with van der Waals surface area (Å²) in [7, 11) is 1.27. The number of ether oxygens (including phenoxy) is 4. The molecule has 27 heavy (non-hydrogen) atoms. The van der Waals surface area contributed by atoms with Crippen molar-refractivity contribution in [3.8, 4) is 0 Å². The van der Waals surface area contributed by atoms with Crippen LogP contribution in [0, 0.1) is 0 Å². The van der Waals surface area contributed by atoms with Gasteiger partial charge in [0.1, 0.15) is 17.4 Å². The van der Waals surface area contributed by atoms with Crippen molar-refractivity contribution in [2.24, 2.45) is 5.73 Å². The molecule has 0 unspecified atom stereocenters. The van der Waals surface area contributed by atoms with Crippen LogP contribution in [-0.4, -0.2) is 62.9 Å². The van der Waals surface area contributed by atoms with E-state index in [9.17, 15) is 14.4 Å². The summed E-state index contributed by atoms with van der Waals surface area (Å²) in [6.45, 7) is 7.33. The van der Waals surface area contributed by atoms with Crippen LogP contribution in [0.4, 0.5) is 0 Å². The highest BCUT2D eigenvalue weighted by molar-refractivity contribution is 5.80. The third kappa shape index (κ3) is 16.4. The zero-order chi connectivity index (χ0) is 20.7. The van der Waals surface area contributed by atoms with Gasteiger partial charge >= 0.3 is 11.9 Å². The van der Waals surface area contributed by atoms with Gasteiger partial charge in [0.05, 0.1) is 20.3 Å². The molecule has 0 aromatic rings. The van der Waals surface area contributed by atoms with Gasteiger partial charge in [0.15, 0.2) is 0 Å². The Labute approximate surface area is 162 Å². The Hall–Kier alpha value is -1.51. The molecule has 0 rings (SSSR count). The maximum Gasteiger partial charge on any atom is 0.322 e. The Morgan fingerprint density at radius 2 is 1.44 bits per heavy atom. The Morgan fingerprint density at radius 3 is 1.96 bits per heavy atom. The normalized spacial score (nSPS) is 12.5. The largest absolute Gasteiger partial charge is 0.468 e. The number of rotatable bonds is 15. The molecular weight excluding hydrogens is 354 g/mol. The number of carbonyl (C=O) groups excluding carboxylic acids is 3. The molecule has 0 aliphatic heterocycles. The first-order valence-electron chi connectivity index (χ1n) is 9.38. The highest BCUT2D eigenvalue weighted by Gasteiger charge is 2.16. The van der Waals surface area contributed by atoms with Crippen LogP contribution in [-0.2, 0) is 33.3 Å². The summed E-state index contributed by atoms with van der Waals surface area (Å²) in [4.78, 5) is 34.3. The summed E-state index contributed by atoms with van der Waals surface area (Å²) >= 11 is 0. The van der Waals surface area contributed by atoms with Crippen LogP contribution in [0.15, 0.2) is 0 Å². The van der Waals surface area contributed by atoms with Crippen molar-refractivity contribution < 1.29 is 33.3 Å². The molecule has 2 N–H and O–H groups in total. The molecule has 0 radical (unpaired) electrons. The van der Waals surface area contributed by atoms with Gasteiger partial charge in [-0.25, -0.2) is 0 Å². The van der Waals surface area contributed by atoms with E-state index in [1.165, 1.54) is 7.11 Å². The van der Waals surface area contributed by atoms with Crippen LogP contribution in [0.5, 0.6) is 0 Å². The van der Waals surface area contributed by atoms with E-state index in [-0.39, 0.29) is 18.2 Å². The molecule has 0 aromatic heterocycles. The fourth-order valence-corrected chi connectivity index (χ4v) is 2.12. The molecule has 0 heterocycles. The van der Waals surface area contributed by atoms with E-state index >= 15 is 0 Å². The summed E-state index contributed by atoms with van der Waals surface area (Å²) in [6, 6.07) is -0.748. The van der Waals surface area contributed by atoms with Gasteiger partial charge in [0, 0.05) is 32.5 Å². The Bertz CT molecular complexity index is 446. The van der Waals surface area contributed by atoms with Crippen LogP contribution in [0.25, 0.3) is 0 Å². The average Bonchev–Trinajstić information content (AvgIpc) is 2.58. The third-order valence-corrected chi connectivity index (χ3v) is 3.44. The van der Waals surface area contributed by atoms with Crippen LogP contribution in [0.3, 0.4) is 0 Å². The predicted octanol–water partition coefficient (Wildman–Crippen LogP) is 1.77. The molecule has 0 saturated heterocycles. The van der Waals surface area contributed by atoms with Gasteiger partial charge in [0.2, 0.25) is 0 Å². The van der Waals surface area contributed by atoms with Crippen molar-refractivity contribution in [3.63, 3.8) is 0 Å². The summed E-state index contributed by atoms with van der Waals surface area (Å²) in [5, 5.41) is 0. The summed E-state index contributed by atoms with van der Waals surface area (Å²) in [5.41, 5.74) is 5.11. The van der Waals surface area contributed by atoms with Crippen molar-refractivity contribution in [2.75, 3.05) is 33.5 Å². The molecule has 8 heteroatoms. The molecule has 1 atom stereocenters. The minimum Gasteiger partial charge on any atom is -0.468 e. The Morgan fingerprint density at radius 1 is 0.889 bits per heavy atom. The topological polar surface area (TPSA) is 114 Å². The summed E-state index contributed by atoms with van der Waals surface area (Å²) < 4.78 is 20.5. The van der Waals surface area contributed by atoms with E-state index < -0.39 is 17.6 Å². The Balaban J connectivity index is 3.44. The first kappa shape index (κ1) is 25.5. The fraction of sp³-hybridized carbons (Fsp3) is 0.842. The van der Waals surface area contributed by atoms with Gasteiger partial charge in [-0.2, -0.15) is 0 Å². The van der Waals surface area contributed by atoms with Crippen molar-refractivity contribution >= 4 is 17.7 Å². The van der Waals surface area contributed by atoms with Gasteiger partial charge in [0.25, 0.3) is 0 Å². The first-order valence-corrected chi connectivity index (χ1v) is 9.38. The molecular formula is C19H35NO7. The number of methoxy groups -OCH3 is 1. The van der Waals surface area contributed by atoms with Gasteiger partial charge in [-0.15, -0.1) is 0 Å². The van der Waals surface area contributed by atoms with Gasteiger partial charge in [-0.1, -0.05) is 0 Å². The number of Topliss-reactive ketones (excluding diaryl/α,β-unsaturated/α-hetero) is 1. The molecule has 0 fully saturated rings. The average molecular weight is 389 g/mol. The maximum atomic E-state index is 11.7. The van der Waals surface area contributed by atoms with Crippen LogP contribution < -0.4 is 5.73 Å². The molecule has 0 bridgehead atoms. The van der Waals surface area contributed by atoms with E-state index in [1.807, 2.05) is 20.8 Å². The molecule has 8 nitrogen and oxygen atoms in total. The van der Waals surface area contributed by atoms with Crippen molar-refractivity contribution in [1.29, 1.82) is 0 Å². The van der Waals surface area contributed by atoms with Gasteiger partial charge in [-0.05, 0) is 40.0 Å². The molecule has 158 valence electrons. The molecule has 0 amide bonds. The number of carbonyl (C=O) groups is 3. The van der Waals surface area contributed by atoms with E-state index in [0.717, 1.165) is 0 Å². The van der Waals surface area contributed by atoms with Crippen molar-refractivity contribution in [3.05, 3.63) is 0 Å². The number of nitrogens with two attached hydrogens (primary N) is 1. The lowest BCUT2D eigenvalue weighted by molar-refractivity contribution is -0.155. The Kier molecular flexibility index (Phi) is 13.7. The lowest BCUT2D eigenvalue weighted by Gasteiger charge is -2.19. The second-order valence-corrected chi connectivity index (χ2v) is 7.23. The second kappa shape index (κ2) is 14.5. The van der Waals surface area contributed by atoms with E-state index in [4.69, 9.17) is 19.9 Å². The van der Waals surface area contributed by atoms with E-state index in [1.54, 1.807) is 0 Å². The highest BCUT2D eigenvalue weighted by atomic mass is 16.6. The maximum absolute atomic E-state index is 11.7. The third-order valence-electron chi connectivity index (χ3n) is 3.44. The molecule has 0 spiro atoms. The van der Waals surface area contributed by atoms with Crippen molar-refractivity contribution in [2.45, 2.75) is 70.9 Å². The monoisotopic (exact) mass is 389 g/mol. The predicted molar refractivity (Wildman–Crippen MR) is 100 cm³/mol. The zero-order valence-electron chi connectivity index (χ0n) is 17.1. The number of esters is 2. The van der Waals surface area contributed by atoms with Crippen molar-refractivity contribution in [1.82, 2.24) is 0 Å². The zero-order valence-corrected chi connectivity index (χ0v) is 17.1. The van der Waals surface area contributed by atoms with E-state index in [2.05, 4.69) is 4.74 Å². The van der Waals surface area contributed by atoms with Crippen LogP contribution >= 0.6 is 0 Å². The lowest BCUT2D eigenvalue weighted by Crippen LogP contribution is -2.32.